The molecule has 4 heterocycles. The summed E-state index contributed by atoms with van der Waals surface area (Å²) in [5.41, 5.74) is 1.44. The van der Waals surface area contributed by atoms with Gasteiger partial charge in [-0.25, -0.2) is 4.98 Å². The molecule has 2 atom stereocenters. The van der Waals surface area contributed by atoms with E-state index < -0.39 is 0 Å². The second kappa shape index (κ2) is 4.70. The van der Waals surface area contributed by atoms with Crippen molar-refractivity contribution in [1.29, 1.82) is 0 Å². The van der Waals surface area contributed by atoms with Gasteiger partial charge >= 0.3 is 0 Å². The van der Waals surface area contributed by atoms with E-state index in [2.05, 4.69) is 9.97 Å². The van der Waals surface area contributed by atoms with Crippen LogP contribution in [0, 0.1) is 0 Å². The number of carbonyl (C=O) groups excluding carboxylic acids is 2. The average Bonchev–Trinajstić information content (AvgIpc) is 3.23. The van der Waals surface area contributed by atoms with Crippen LogP contribution in [0.2, 0.25) is 0 Å². The number of H-pyrrole nitrogens is 1. The van der Waals surface area contributed by atoms with Crippen molar-refractivity contribution in [1.82, 2.24) is 14.9 Å². The first-order valence-electron chi connectivity index (χ1n) is 6.89. The van der Waals surface area contributed by atoms with Crippen molar-refractivity contribution in [3.05, 3.63) is 35.0 Å². The van der Waals surface area contributed by atoms with Gasteiger partial charge in [0.15, 0.2) is 0 Å². The number of aromatic amines is 1. The number of nitrogens with one attached hydrogen (secondary N) is 1. The number of anilines is 1. The summed E-state index contributed by atoms with van der Waals surface area (Å²) in [5.74, 6) is 0.0329. The molecular formula is C14H14N4O2S. The molecule has 4 rings (SSSR count). The zero-order chi connectivity index (χ0) is 14.4. The van der Waals surface area contributed by atoms with Crippen molar-refractivity contribution in [3.8, 4) is 0 Å². The fourth-order valence-electron chi connectivity index (χ4n) is 3.36. The Balaban J connectivity index is 1.61. The molecule has 0 aliphatic carbocycles. The number of fused-ring (bicyclic) bond motifs is 1. The lowest BCUT2D eigenvalue weighted by Crippen LogP contribution is -2.40. The Morgan fingerprint density at radius 1 is 1.43 bits per heavy atom. The van der Waals surface area contributed by atoms with Crippen molar-refractivity contribution in [2.45, 2.75) is 24.9 Å². The molecule has 2 aliphatic heterocycles. The Morgan fingerprint density at radius 3 is 3.05 bits per heavy atom. The lowest BCUT2D eigenvalue weighted by molar-refractivity contribution is -0.117. The number of imidazole rings is 1. The first kappa shape index (κ1) is 12.6. The third-order valence-electron chi connectivity index (χ3n) is 4.27. The maximum atomic E-state index is 12.5. The number of carbonyl (C=O) groups is 2. The van der Waals surface area contributed by atoms with Crippen LogP contribution >= 0.6 is 11.3 Å². The van der Waals surface area contributed by atoms with Gasteiger partial charge < -0.3 is 14.8 Å². The van der Waals surface area contributed by atoms with Crippen molar-refractivity contribution < 1.29 is 9.59 Å². The van der Waals surface area contributed by atoms with E-state index in [1.165, 1.54) is 12.5 Å². The van der Waals surface area contributed by atoms with Crippen LogP contribution in [-0.2, 0) is 4.79 Å². The molecule has 0 radical (unpaired) electrons. The smallest absolute Gasteiger partial charge is 0.272 e. The van der Waals surface area contributed by atoms with Crippen LogP contribution in [0.15, 0.2) is 29.4 Å². The Kier molecular flexibility index (Phi) is 2.81. The zero-order valence-electron chi connectivity index (χ0n) is 11.2. The van der Waals surface area contributed by atoms with Gasteiger partial charge in [0, 0.05) is 18.3 Å². The van der Waals surface area contributed by atoms with E-state index in [0.29, 0.717) is 18.7 Å². The Bertz CT molecular complexity index is 667. The third-order valence-corrected chi connectivity index (χ3v) is 4.94. The Morgan fingerprint density at radius 2 is 2.33 bits per heavy atom. The molecule has 1 N–H and O–H groups in total. The number of nitrogens with zero attached hydrogens (tertiary/aromatic N) is 3. The van der Waals surface area contributed by atoms with Crippen molar-refractivity contribution >= 4 is 28.8 Å². The number of rotatable bonds is 2. The summed E-state index contributed by atoms with van der Waals surface area (Å²) in [6.07, 6.45) is 4.26. The van der Waals surface area contributed by atoms with E-state index in [1.807, 2.05) is 26.6 Å². The van der Waals surface area contributed by atoms with E-state index in [0.717, 1.165) is 12.1 Å². The fourth-order valence-corrected chi connectivity index (χ4v) is 3.98. The second-order valence-corrected chi connectivity index (χ2v) is 6.12. The van der Waals surface area contributed by atoms with Crippen molar-refractivity contribution in [2.75, 3.05) is 11.4 Å². The summed E-state index contributed by atoms with van der Waals surface area (Å²) in [7, 11) is 0. The van der Waals surface area contributed by atoms with Crippen LogP contribution in [0.3, 0.4) is 0 Å². The first-order valence-corrected chi connectivity index (χ1v) is 7.83. The van der Waals surface area contributed by atoms with Gasteiger partial charge in [0.2, 0.25) is 5.91 Å². The zero-order valence-corrected chi connectivity index (χ0v) is 12.0. The molecule has 2 aromatic rings. The number of likely N-dealkylation sites (tertiary alicyclic amines) is 1. The van der Waals surface area contributed by atoms with E-state index >= 15 is 0 Å². The quantitative estimate of drug-likeness (QED) is 0.914. The Labute approximate surface area is 125 Å². The maximum absolute atomic E-state index is 12.5. The SMILES string of the molecule is O=C(c1cnc[nH]1)N1CC[C@H]2[C@@H]1CC(=O)N2c1ccsc1. The van der Waals surface area contributed by atoms with Gasteiger partial charge in [-0.3, -0.25) is 9.59 Å². The van der Waals surface area contributed by atoms with Crippen LogP contribution in [0.1, 0.15) is 23.3 Å². The summed E-state index contributed by atoms with van der Waals surface area (Å²) >= 11 is 1.58. The molecule has 0 spiro atoms. The number of hydrogen-bond donors (Lipinski definition) is 1. The van der Waals surface area contributed by atoms with Gasteiger partial charge in [0.1, 0.15) is 5.69 Å². The van der Waals surface area contributed by atoms with E-state index in [9.17, 15) is 9.59 Å². The van der Waals surface area contributed by atoms with Crippen LogP contribution in [0.4, 0.5) is 5.69 Å². The third kappa shape index (κ3) is 1.88. The molecule has 21 heavy (non-hydrogen) atoms. The molecule has 108 valence electrons. The summed E-state index contributed by atoms with van der Waals surface area (Å²) < 4.78 is 0. The summed E-state index contributed by atoms with van der Waals surface area (Å²) in [6.45, 7) is 0.682. The highest BCUT2D eigenvalue weighted by atomic mass is 32.1. The largest absolute Gasteiger partial charge is 0.341 e. The normalized spacial score (nSPS) is 24.7. The maximum Gasteiger partial charge on any atom is 0.272 e. The van der Waals surface area contributed by atoms with Crippen LogP contribution < -0.4 is 4.90 Å². The lowest BCUT2D eigenvalue weighted by atomic mass is 10.1. The number of amides is 2. The van der Waals surface area contributed by atoms with Gasteiger partial charge in [-0.2, -0.15) is 11.3 Å². The standard InChI is InChI=1S/C14H14N4O2S/c19-13-5-12-11(18(13)9-2-4-21-7-9)1-3-17(12)14(20)10-6-15-8-16-10/h2,4,6-8,11-12H,1,3,5H2,(H,15,16)/t11-,12-/m0/s1. The molecule has 0 unspecified atom stereocenters. The highest BCUT2D eigenvalue weighted by Crippen LogP contribution is 2.37. The molecule has 0 saturated carbocycles. The first-order chi connectivity index (χ1) is 10.3. The van der Waals surface area contributed by atoms with E-state index in [-0.39, 0.29) is 23.9 Å². The second-order valence-electron chi connectivity index (χ2n) is 5.34. The van der Waals surface area contributed by atoms with Crippen LogP contribution in [-0.4, -0.2) is 45.3 Å². The molecule has 2 aliphatic rings. The molecule has 2 amide bonds. The summed E-state index contributed by atoms with van der Waals surface area (Å²) in [6, 6.07) is 2.02. The molecule has 7 heteroatoms. The molecule has 2 aromatic heterocycles. The number of thiophene rings is 1. The predicted molar refractivity (Wildman–Crippen MR) is 78.2 cm³/mol. The van der Waals surface area contributed by atoms with Gasteiger partial charge in [-0.15, -0.1) is 0 Å². The minimum absolute atomic E-state index is 0.0341. The fraction of sp³-hybridized carbons (Fsp3) is 0.357. The minimum Gasteiger partial charge on any atom is -0.341 e. The van der Waals surface area contributed by atoms with E-state index in [4.69, 9.17) is 0 Å². The molecular weight excluding hydrogens is 288 g/mol. The molecule has 6 nitrogen and oxygen atoms in total. The average molecular weight is 302 g/mol. The predicted octanol–water partition coefficient (Wildman–Crippen LogP) is 1.49. The number of hydrogen-bond acceptors (Lipinski definition) is 4. The molecule has 0 bridgehead atoms. The van der Waals surface area contributed by atoms with Crippen LogP contribution in [0.5, 0.6) is 0 Å². The van der Waals surface area contributed by atoms with Crippen molar-refractivity contribution in [3.63, 3.8) is 0 Å². The lowest BCUT2D eigenvalue weighted by Gasteiger charge is -2.24. The number of aromatic nitrogens is 2. The highest BCUT2D eigenvalue weighted by Gasteiger charge is 2.49. The summed E-state index contributed by atoms with van der Waals surface area (Å²) in [4.78, 5) is 35.2. The van der Waals surface area contributed by atoms with Crippen LogP contribution in [0.25, 0.3) is 0 Å². The molecule has 2 fully saturated rings. The molecule has 2 saturated heterocycles. The van der Waals surface area contributed by atoms with Gasteiger partial charge in [-0.05, 0) is 17.9 Å². The topological polar surface area (TPSA) is 69.3 Å². The minimum atomic E-state index is -0.0695. The van der Waals surface area contributed by atoms with Gasteiger partial charge in [-0.1, -0.05) is 0 Å². The van der Waals surface area contributed by atoms with Crippen molar-refractivity contribution in [2.24, 2.45) is 0 Å². The monoisotopic (exact) mass is 302 g/mol. The highest BCUT2D eigenvalue weighted by molar-refractivity contribution is 7.08. The summed E-state index contributed by atoms with van der Waals surface area (Å²) in [5, 5.41) is 3.96. The Hall–Kier alpha value is -2.15. The van der Waals surface area contributed by atoms with Gasteiger partial charge in [0.25, 0.3) is 5.91 Å². The molecule has 0 aromatic carbocycles. The van der Waals surface area contributed by atoms with E-state index in [1.54, 1.807) is 11.3 Å². The van der Waals surface area contributed by atoms with Gasteiger partial charge in [0.05, 0.1) is 30.3 Å².